The molecule has 0 fully saturated rings. The largest absolute Gasteiger partial charge is 0.321 e. The summed E-state index contributed by atoms with van der Waals surface area (Å²) in [6, 6.07) is 40.0. The van der Waals surface area contributed by atoms with Gasteiger partial charge in [-0.05, 0) is 106 Å². The van der Waals surface area contributed by atoms with Crippen LogP contribution in [0.3, 0.4) is 0 Å². The van der Waals surface area contributed by atoms with Crippen LogP contribution >= 0.6 is 11.3 Å². The Bertz CT molecular complexity index is 2010. The molecule has 0 saturated heterocycles. The van der Waals surface area contributed by atoms with Gasteiger partial charge in [0.15, 0.2) is 0 Å². The summed E-state index contributed by atoms with van der Waals surface area (Å²) in [4.78, 5) is 6.86. The van der Waals surface area contributed by atoms with Gasteiger partial charge in [-0.3, -0.25) is 11.3 Å². The van der Waals surface area contributed by atoms with E-state index in [0.29, 0.717) is 0 Å². The Labute approximate surface area is 360 Å². The number of hydrogen-bond acceptors (Lipinski definition) is 2. The molecule has 0 unspecified atom stereocenters. The first-order valence-electron chi connectivity index (χ1n) is 16.7. The van der Waals surface area contributed by atoms with Gasteiger partial charge in [0.1, 0.15) is 5.65 Å². The van der Waals surface area contributed by atoms with Gasteiger partial charge < -0.3 is 8.80 Å². The average molecular weight is 842 g/mol. The number of imidazole rings is 1. The number of pyridine rings is 2. The molecular weight excluding hydrogens is 792 g/mol. The smallest absolute Gasteiger partial charge is 0.139 e. The quantitative estimate of drug-likeness (QED) is 0.139. The maximum atomic E-state index is 4.24. The molecule has 3 nitrogen and oxygen atoms in total. The van der Waals surface area contributed by atoms with Crippen LogP contribution in [0.4, 0.5) is 0 Å². The van der Waals surface area contributed by atoms with Crippen molar-refractivity contribution in [1.82, 2.24) is 13.8 Å². The fourth-order valence-corrected chi connectivity index (χ4v) is 6.10. The molecule has 5 aromatic heterocycles. The molecule has 0 saturated carbocycles. The Kier molecular flexibility index (Phi) is 18.9. The Morgan fingerprint density at radius 3 is 1.59 bits per heavy atom. The van der Waals surface area contributed by atoms with Crippen LogP contribution in [-0.4, -0.2) is 13.8 Å². The van der Waals surface area contributed by atoms with Crippen LogP contribution < -0.4 is 0 Å². The zero-order chi connectivity index (χ0) is 35.5. The topological polar surface area (TPSA) is 21.7 Å². The molecule has 0 amide bonds. The maximum absolute atomic E-state index is 4.24. The molecule has 2 radical (unpaired) electrons. The summed E-state index contributed by atoms with van der Waals surface area (Å²) >= 11 is 1.79. The molecule has 8 aromatic rings. The van der Waals surface area contributed by atoms with E-state index in [1.54, 1.807) is 11.3 Å². The first-order chi connectivity index (χ1) is 23.4. The van der Waals surface area contributed by atoms with E-state index >= 15 is 0 Å². The molecule has 51 heavy (non-hydrogen) atoms. The van der Waals surface area contributed by atoms with Gasteiger partial charge >= 0.3 is 0 Å². The molecule has 5 heterocycles. The van der Waals surface area contributed by atoms with Crippen LogP contribution in [0.2, 0.25) is 0 Å². The van der Waals surface area contributed by atoms with E-state index in [0.717, 1.165) is 5.65 Å². The van der Waals surface area contributed by atoms with Crippen LogP contribution in [0.5, 0.6) is 0 Å². The molecule has 0 spiro atoms. The standard InChI is InChI=1S/C12H12.C10H11N.C9H10N2.C8H9.C6H7S.2Y/c1-9-7-8-10(2)12-6-4-3-5-11(9)12;1-8-5-6-9(2)11-7-3-4-10(8)11;1-7-3-4-8(2)11-6-5-10-9(7)11;1-7-3-5-8(2)6-4-7;1-5-3-4-6(2)7-5;;/h3-8H,1-2H3;3-7H,1-2H3;3-6H,1-2H3;3-5H,1-2H3;3H,1-2H3;;/q;;;2*-1;;. The minimum absolute atomic E-state index is 0. The number of fused-ring (bicyclic) bond motifs is 3. The summed E-state index contributed by atoms with van der Waals surface area (Å²) in [6.07, 6.45) is 5.91. The molecule has 0 aliphatic carbocycles. The molecule has 6 heteroatoms. The Hall–Kier alpha value is -2.72. The zero-order valence-corrected chi connectivity index (χ0v) is 38.4. The fraction of sp³-hybridized carbons (Fsp3) is 0.222. The minimum atomic E-state index is 0. The van der Waals surface area contributed by atoms with Gasteiger partial charge in [-0.25, -0.2) is 17.1 Å². The summed E-state index contributed by atoms with van der Waals surface area (Å²) in [5.74, 6) is 0. The molecular formula is C45H49N3SY2-2. The van der Waals surface area contributed by atoms with Gasteiger partial charge in [-0.2, -0.15) is 35.4 Å². The summed E-state index contributed by atoms with van der Waals surface area (Å²) in [5, 5.41) is 2.75. The van der Waals surface area contributed by atoms with Gasteiger partial charge in [0.2, 0.25) is 0 Å². The van der Waals surface area contributed by atoms with E-state index < -0.39 is 0 Å². The summed E-state index contributed by atoms with van der Waals surface area (Å²) < 4.78 is 4.30. The average Bonchev–Trinajstić information content (AvgIpc) is 3.88. The van der Waals surface area contributed by atoms with Crippen molar-refractivity contribution in [3.8, 4) is 0 Å². The van der Waals surface area contributed by atoms with Crippen LogP contribution in [-0.2, 0) is 65.4 Å². The van der Waals surface area contributed by atoms with Crippen LogP contribution in [0.1, 0.15) is 54.5 Å². The van der Waals surface area contributed by atoms with E-state index in [2.05, 4.69) is 179 Å². The maximum Gasteiger partial charge on any atom is 0.139 e. The molecule has 0 bridgehead atoms. The Morgan fingerprint density at radius 1 is 0.529 bits per heavy atom. The van der Waals surface area contributed by atoms with Gasteiger partial charge in [-0.1, -0.05) is 69.3 Å². The number of benzene rings is 3. The van der Waals surface area contributed by atoms with Crippen molar-refractivity contribution in [2.24, 2.45) is 0 Å². The van der Waals surface area contributed by atoms with Crippen molar-refractivity contribution in [3.05, 3.63) is 182 Å². The first kappa shape index (κ1) is 44.4. The molecule has 3 aromatic carbocycles. The van der Waals surface area contributed by atoms with Crippen LogP contribution in [0.15, 0.2) is 116 Å². The summed E-state index contributed by atoms with van der Waals surface area (Å²) in [6.45, 7) is 21.0. The minimum Gasteiger partial charge on any atom is -0.321 e. The van der Waals surface area contributed by atoms with Crippen LogP contribution in [0, 0.1) is 81.4 Å². The van der Waals surface area contributed by atoms with Crippen LogP contribution in [0.25, 0.3) is 21.9 Å². The van der Waals surface area contributed by atoms with E-state index in [1.807, 2.05) is 31.5 Å². The number of aryl methyl sites for hydroxylation is 10. The number of rotatable bonds is 0. The van der Waals surface area contributed by atoms with Gasteiger partial charge in [0.05, 0.1) is 0 Å². The van der Waals surface area contributed by atoms with Crippen molar-refractivity contribution in [2.45, 2.75) is 69.2 Å². The van der Waals surface area contributed by atoms with E-state index in [9.17, 15) is 0 Å². The summed E-state index contributed by atoms with van der Waals surface area (Å²) in [7, 11) is 0. The number of thiophene rings is 1. The van der Waals surface area contributed by atoms with Gasteiger partial charge in [0, 0.05) is 101 Å². The SMILES string of the molecule is Cc1[c-]cc(C)cc1.Cc1[c-]cc(C)s1.Cc1ccc(C)c2ccccc12.Cc1ccc(C)n2cccc12.Cc1ccc(C)n2ccnc12.[Y].[Y]. The van der Waals surface area contributed by atoms with Crippen molar-refractivity contribution in [1.29, 1.82) is 0 Å². The molecule has 0 aliphatic heterocycles. The molecule has 0 aliphatic rings. The second-order valence-corrected chi connectivity index (χ2v) is 14.0. The first-order valence-corrected chi connectivity index (χ1v) is 17.5. The van der Waals surface area contributed by atoms with Gasteiger partial charge in [-0.15, -0.1) is 9.75 Å². The normalized spacial score (nSPS) is 9.84. The third kappa shape index (κ3) is 13.0. The predicted octanol–water partition coefficient (Wildman–Crippen LogP) is 12.2. The number of aromatic nitrogens is 3. The van der Waals surface area contributed by atoms with Crippen molar-refractivity contribution in [3.63, 3.8) is 0 Å². The number of nitrogens with zero attached hydrogens (tertiary/aromatic N) is 3. The zero-order valence-electron chi connectivity index (χ0n) is 31.9. The molecule has 0 N–H and O–H groups in total. The molecule has 8 rings (SSSR count). The third-order valence-corrected chi connectivity index (χ3v) is 9.20. The Balaban J connectivity index is 0.000000222. The van der Waals surface area contributed by atoms with E-state index in [4.69, 9.17) is 0 Å². The van der Waals surface area contributed by atoms with Crippen molar-refractivity contribution in [2.75, 3.05) is 0 Å². The number of hydrogen-bond donors (Lipinski definition) is 0. The predicted molar refractivity (Wildman–Crippen MR) is 212 cm³/mol. The third-order valence-electron chi connectivity index (χ3n) is 8.33. The van der Waals surface area contributed by atoms with Crippen molar-refractivity contribution >= 4 is 33.3 Å². The van der Waals surface area contributed by atoms with Crippen molar-refractivity contribution < 1.29 is 65.4 Å². The van der Waals surface area contributed by atoms with Gasteiger partial charge in [0.25, 0.3) is 0 Å². The van der Waals surface area contributed by atoms with E-state index in [-0.39, 0.29) is 65.4 Å². The molecule has 258 valence electrons. The second-order valence-electron chi connectivity index (χ2n) is 12.6. The fourth-order valence-electron chi connectivity index (χ4n) is 5.39. The monoisotopic (exact) mass is 841 g/mol. The summed E-state index contributed by atoms with van der Waals surface area (Å²) in [5.41, 5.74) is 12.6. The Morgan fingerprint density at radius 2 is 1.12 bits per heavy atom. The van der Waals surface area contributed by atoms with E-state index in [1.165, 1.54) is 70.8 Å². The second kappa shape index (κ2) is 21.7. The molecule has 0 atom stereocenters.